The van der Waals surface area contributed by atoms with Gasteiger partial charge in [0.1, 0.15) is 5.82 Å². The molecule has 0 radical (unpaired) electrons. The van der Waals surface area contributed by atoms with Crippen LogP contribution >= 0.6 is 0 Å². The zero-order valence-electron chi connectivity index (χ0n) is 15.5. The highest BCUT2D eigenvalue weighted by Gasteiger charge is 2.17. The molecule has 0 bridgehead atoms. The molecule has 2 aromatic rings. The van der Waals surface area contributed by atoms with Gasteiger partial charge in [-0.15, -0.1) is 13.2 Å². The monoisotopic (exact) mass is 383 g/mol. The van der Waals surface area contributed by atoms with E-state index in [0.29, 0.717) is 28.8 Å². The molecule has 2 rings (SSSR count). The molecule has 0 spiro atoms. The SMILES string of the molecule is C=CC[C@H](NC(=O)O)c1cncc(-c2cc(F)ccc2NC(=O)C(C)C=C)c1. The second kappa shape index (κ2) is 9.45. The Hall–Kier alpha value is -3.48. The lowest BCUT2D eigenvalue weighted by atomic mass is 9.99. The first-order chi connectivity index (χ1) is 13.3. The predicted molar refractivity (Wildman–Crippen MR) is 106 cm³/mol. The molecule has 1 heterocycles. The summed E-state index contributed by atoms with van der Waals surface area (Å²) >= 11 is 0. The minimum absolute atomic E-state index is 0.274. The number of amides is 2. The van der Waals surface area contributed by atoms with Gasteiger partial charge >= 0.3 is 6.09 Å². The molecule has 0 saturated carbocycles. The van der Waals surface area contributed by atoms with Crippen LogP contribution in [0.1, 0.15) is 24.9 Å². The number of aromatic nitrogens is 1. The van der Waals surface area contributed by atoms with Crippen molar-refractivity contribution in [3.05, 3.63) is 73.3 Å². The number of pyridine rings is 1. The van der Waals surface area contributed by atoms with Gasteiger partial charge in [-0.3, -0.25) is 9.78 Å². The average molecular weight is 383 g/mol. The van der Waals surface area contributed by atoms with E-state index in [1.807, 2.05) is 0 Å². The van der Waals surface area contributed by atoms with E-state index in [4.69, 9.17) is 5.11 Å². The minimum Gasteiger partial charge on any atom is -0.465 e. The zero-order chi connectivity index (χ0) is 20.7. The van der Waals surface area contributed by atoms with Gasteiger partial charge in [-0.2, -0.15) is 0 Å². The maximum absolute atomic E-state index is 13.9. The van der Waals surface area contributed by atoms with Gasteiger partial charge < -0.3 is 15.7 Å². The third-order valence-corrected chi connectivity index (χ3v) is 4.18. The van der Waals surface area contributed by atoms with Gasteiger partial charge in [0.05, 0.1) is 12.0 Å². The normalized spacial score (nSPS) is 12.5. The van der Waals surface area contributed by atoms with Crippen molar-refractivity contribution < 1.29 is 19.1 Å². The lowest BCUT2D eigenvalue weighted by molar-refractivity contribution is -0.118. The lowest BCUT2D eigenvalue weighted by Gasteiger charge is -2.17. The Morgan fingerprint density at radius 1 is 1.29 bits per heavy atom. The summed E-state index contributed by atoms with van der Waals surface area (Å²) in [5.74, 6) is -1.16. The van der Waals surface area contributed by atoms with E-state index in [9.17, 15) is 14.0 Å². The Morgan fingerprint density at radius 2 is 2.04 bits per heavy atom. The Kier molecular flexibility index (Phi) is 7.03. The Morgan fingerprint density at radius 3 is 2.68 bits per heavy atom. The van der Waals surface area contributed by atoms with Crippen LogP contribution < -0.4 is 10.6 Å². The first-order valence-electron chi connectivity index (χ1n) is 8.64. The van der Waals surface area contributed by atoms with E-state index >= 15 is 0 Å². The summed E-state index contributed by atoms with van der Waals surface area (Å²) in [6.07, 6.45) is 5.35. The Labute approximate surface area is 162 Å². The Bertz CT molecular complexity index is 898. The van der Waals surface area contributed by atoms with E-state index < -0.39 is 23.9 Å². The molecule has 6 nitrogen and oxygen atoms in total. The Balaban J connectivity index is 2.45. The van der Waals surface area contributed by atoms with Crippen molar-refractivity contribution in [1.82, 2.24) is 10.3 Å². The van der Waals surface area contributed by atoms with E-state index in [-0.39, 0.29) is 5.91 Å². The number of nitrogens with one attached hydrogen (secondary N) is 2. The summed E-state index contributed by atoms with van der Waals surface area (Å²) in [6.45, 7) is 8.93. The first-order valence-corrected chi connectivity index (χ1v) is 8.64. The topological polar surface area (TPSA) is 91.3 Å². The van der Waals surface area contributed by atoms with Gasteiger partial charge in [0, 0.05) is 29.2 Å². The van der Waals surface area contributed by atoms with Gasteiger partial charge in [0.2, 0.25) is 5.91 Å². The van der Waals surface area contributed by atoms with Crippen molar-refractivity contribution in [2.24, 2.45) is 5.92 Å². The van der Waals surface area contributed by atoms with Crippen LogP contribution in [-0.4, -0.2) is 22.1 Å². The van der Waals surface area contributed by atoms with Gasteiger partial charge in [0.15, 0.2) is 0 Å². The fourth-order valence-corrected chi connectivity index (χ4v) is 2.61. The maximum Gasteiger partial charge on any atom is 0.405 e. The average Bonchev–Trinajstić information content (AvgIpc) is 2.68. The van der Waals surface area contributed by atoms with Crippen LogP contribution in [0.5, 0.6) is 0 Å². The highest BCUT2D eigenvalue weighted by molar-refractivity contribution is 5.97. The second-order valence-corrected chi connectivity index (χ2v) is 6.24. The van der Waals surface area contributed by atoms with Crippen LogP contribution in [0.25, 0.3) is 11.1 Å². The lowest BCUT2D eigenvalue weighted by Crippen LogP contribution is -2.26. The van der Waals surface area contributed by atoms with E-state index in [1.165, 1.54) is 36.7 Å². The molecule has 0 saturated heterocycles. The predicted octanol–water partition coefficient (Wildman–Crippen LogP) is 4.53. The van der Waals surface area contributed by atoms with Crippen LogP contribution in [0, 0.1) is 11.7 Å². The molecular weight excluding hydrogens is 361 g/mol. The third kappa shape index (κ3) is 5.26. The number of rotatable bonds is 8. The van der Waals surface area contributed by atoms with Crippen molar-refractivity contribution in [1.29, 1.82) is 0 Å². The molecule has 3 N–H and O–H groups in total. The molecule has 146 valence electrons. The summed E-state index contributed by atoms with van der Waals surface area (Å²) in [5, 5.41) is 14.2. The number of hydrogen-bond acceptors (Lipinski definition) is 3. The summed E-state index contributed by atoms with van der Waals surface area (Å²) in [5.41, 5.74) is 2.00. The number of carbonyl (C=O) groups is 2. The van der Waals surface area contributed by atoms with Crippen molar-refractivity contribution in [3.63, 3.8) is 0 Å². The zero-order valence-corrected chi connectivity index (χ0v) is 15.5. The molecule has 2 atom stereocenters. The van der Waals surface area contributed by atoms with Gasteiger partial charge in [-0.25, -0.2) is 9.18 Å². The maximum atomic E-state index is 13.9. The molecule has 1 aromatic carbocycles. The number of carbonyl (C=O) groups excluding carboxylic acids is 1. The molecule has 7 heteroatoms. The summed E-state index contributed by atoms with van der Waals surface area (Å²) in [6, 6.07) is 5.18. The van der Waals surface area contributed by atoms with Crippen molar-refractivity contribution in [2.45, 2.75) is 19.4 Å². The molecule has 1 aromatic heterocycles. The summed E-state index contributed by atoms with van der Waals surface area (Å²) in [7, 11) is 0. The summed E-state index contributed by atoms with van der Waals surface area (Å²) in [4.78, 5) is 27.4. The quantitative estimate of drug-likeness (QED) is 0.584. The van der Waals surface area contributed by atoms with E-state index in [0.717, 1.165) is 0 Å². The van der Waals surface area contributed by atoms with Crippen molar-refractivity contribution >= 4 is 17.7 Å². The van der Waals surface area contributed by atoms with Crippen LogP contribution in [-0.2, 0) is 4.79 Å². The molecule has 1 unspecified atom stereocenters. The largest absolute Gasteiger partial charge is 0.465 e. The number of carboxylic acid groups (broad SMARTS) is 1. The molecule has 2 amide bonds. The van der Waals surface area contributed by atoms with E-state index in [1.54, 1.807) is 19.1 Å². The smallest absolute Gasteiger partial charge is 0.405 e. The number of benzene rings is 1. The van der Waals surface area contributed by atoms with Gasteiger partial charge in [-0.1, -0.05) is 19.1 Å². The second-order valence-electron chi connectivity index (χ2n) is 6.24. The number of nitrogens with zero attached hydrogens (tertiary/aromatic N) is 1. The molecule has 0 aliphatic rings. The number of halogens is 1. The van der Waals surface area contributed by atoms with Crippen LogP contribution in [0.4, 0.5) is 14.9 Å². The molecular formula is C21H22FN3O3. The number of anilines is 1. The third-order valence-electron chi connectivity index (χ3n) is 4.18. The van der Waals surface area contributed by atoms with Crippen LogP contribution in [0.15, 0.2) is 62.0 Å². The van der Waals surface area contributed by atoms with Gasteiger partial charge in [0.25, 0.3) is 0 Å². The number of hydrogen-bond donors (Lipinski definition) is 3. The van der Waals surface area contributed by atoms with Crippen LogP contribution in [0.3, 0.4) is 0 Å². The highest BCUT2D eigenvalue weighted by atomic mass is 19.1. The minimum atomic E-state index is -1.17. The first kappa shape index (κ1) is 20.8. The molecule has 0 aliphatic carbocycles. The highest BCUT2D eigenvalue weighted by Crippen LogP contribution is 2.31. The fourth-order valence-electron chi connectivity index (χ4n) is 2.61. The molecule has 28 heavy (non-hydrogen) atoms. The van der Waals surface area contributed by atoms with Crippen molar-refractivity contribution in [3.8, 4) is 11.1 Å². The molecule has 0 aliphatic heterocycles. The fraction of sp³-hybridized carbons (Fsp3) is 0.190. The van der Waals surface area contributed by atoms with Crippen molar-refractivity contribution in [2.75, 3.05) is 5.32 Å². The van der Waals surface area contributed by atoms with Crippen LogP contribution in [0.2, 0.25) is 0 Å². The van der Waals surface area contributed by atoms with Gasteiger partial charge in [-0.05, 0) is 36.2 Å². The van der Waals surface area contributed by atoms with E-state index in [2.05, 4.69) is 28.8 Å². The standard InChI is InChI=1S/C21H22FN3O3/c1-4-6-18(25-21(27)28)15-9-14(11-23-12-15)17-10-16(22)7-8-19(17)24-20(26)13(3)5-2/h4-5,7-13,18,25H,1-2,6H2,3H3,(H,24,26)(H,27,28)/t13?,18-/m0/s1. The molecule has 0 fully saturated rings. The summed E-state index contributed by atoms with van der Waals surface area (Å²) < 4.78 is 13.9.